The monoisotopic (exact) mass is 658 g/mol. The van der Waals surface area contributed by atoms with Crippen LogP contribution in [0.3, 0.4) is 0 Å². The Hall–Kier alpha value is -3.14. The maximum Gasteiger partial charge on any atom is 0.331 e. The lowest BCUT2D eigenvalue weighted by Crippen LogP contribution is -2.40. The first kappa shape index (κ1) is 32.3. The lowest BCUT2D eigenvalue weighted by molar-refractivity contribution is -0.148. The molecule has 8 nitrogen and oxygen atoms in total. The van der Waals surface area contributed by atoms with Crippen LogP contribution in [0.5, 0.6) is 0 Å². The second-order valence-corrected chi connectivity index (χ2v) is 13.2. The van der Waals surface area contributed by atoms with Gasteiger partial charge in [-0.1, -0.05) is 58.5 Å². The number of hydrogen-bond donors (Lipinski definition) is 0. The van der Waals surface area contributed by atoms with Crippen molar-refractivity contribution in [2.45, 2.75) is 58.0 Å². The van der Waals surface area contributed by atoms with Gasteiger partial charge in [-0.2, -0.15) is 0 Å². The third kappa shape index (κ3) is 6.32. The fourth-order valence-electron chi connectivity index (χ4n) is 5.59. The lowest BCUT2D eigenvalue weighted by Gasteiger charge is -2.39. The molecule has 44 heavy (non-hydrogen) atoms. The lowest BCUT2D eigenvalue weighted by atomic mass is 9.66. The van der Waals surface area contributed by atoms with Crippen LogP contribution in [0.25, 0.3) is 28.2 Å². The van der Waals surface area contributed by atoms with Crippen molar-refractivity contribution in [3.8, 4) is 11.3 Å². The zero-order valence-electron chi connectivity index (χ0n) is 25.1. The molecule has 2 aromatic heterocycles. The molecule has 0 saturated heterocycles. The van der Waals surface area contributed by atoms with Crippen molar-refractivity contribution in [1.82, 2.24) is 9.72 Å². The zero-order chi connectivity index (χ0) is 31.8. The topological polar surface area (TPSA) is 92.8 Å². The Kier molecular flexibility index (Phi) is 9.31. The highest BCUT2D eigenvalue weighted by Crippen LogP contribution is 2.49. The Morgan fingerprint density at radius 2 is 1.84 bits per heavy atom. The first-order valence-electron chi connectivity index (χ1n) is 14.1. The van der Waals surface area contributed by atoms with Crippen LogP contribution in [0, 0.1) is 6.92 Å². The molecule has 1 fully saturated rings. The van der Waals surface area contributed by atoms with Gasteiger partial charge in [0, 0.05) is 35.4 Å². The molecular formula is C33H33Cl3N2O6. The normalized spacial score (nSPS) is 14.7. The van der Waals surface area contributed by atoms with E-state index >= 15 is 0 Å². The minimum absolute atomic E-state index is 0.0991. The smallest absolute Gasteiger partial charge is 0.331 e. The number of nitrogens with zero attached hydrogens (tertiary/aromatic N) is 2. The molecule has 1 aliphatic rings. The molecule has 11 heteroatoms. The Morgan fingerprint density at radius 1 is 1.14 bits per heavy atom. The number of methoxy groups -OCH3 is 1. The average molecular weight is 660 g/mol. The van der Waals surface area contributed by atoms with Gasteiger partial charge in [-0.15, -0.1) is 0 Å². The van der Waals surface area contributed by atoms with Gasteiger partial charge < -0.3 is 18.7 Å². The summed E-state index contributed by atoms with van der Waals surface area (Å²) >= 11 is 19.5. The quantitative estimate of drug-likeness (QED) is 0.0768. The fraction of sp³-hybridized carbons (Fsp3) is 0.364. The highest BCUT2D eigenvalue weighted by Gasteiger charge is 2.47. The van der Waals surface area contributed by atoms with Crippen LogP contribution >= 0.6 is 34.8 Å². The van der Waals surface area contributed by atoms with Crippen LogP contribution in [-0.2, 0) is 24.4 Å². The van der Waals surface area contributed by atoms with Crippen molar-refractivity contribution >= 4 is 63.7 Å². The van der Waals surface area contributed by atoms with Gasteiger partial charge in [0.05, 0.1) is 27.6 Å². The van der Waals surface area contributed by atoms with E-state index in [9.17, 15) is 9.59 Å². The number of ether oxygens (including phenoxy) is 3. The van der Waals surface area contributed by atoms with Gasteiger partial charge in [0.1, 0.15) is 23.7 Å². The minimum atomic E-state index is -0.616. The van der Waals surface area contributed by atoms with Crippen LogP contribution in [0.2, 0.25) is 15.1 Å². The van der Waals surface area contributed by atoms with E-state index in [4.69, 9.17) is 53.5 Å². The Bertz CT molecular complexity index is 1740. The molecule has 1 aliphatic carbocycles. The number of halogens is 3. The van der Waals surface area contributed by atoms with E-state index in [1.165, 1.54) is 6.08 Å². The Balaban J connectivity index is 1.65. The molecule has 4 aromatic rings. The molecule has 0 aliphatic heterocycles. The van der Waals surface area contributed by atoms with Crippen LogP contribution in [0.1, 0.15) is 67.3 Å². The van der Waals surface area contributed by atoms with Gasteiger partial charge in [0.15, 0.2) is 5.76 Å². The molecule has 0 amide bonds. The van der Waals surface area contributed by atoms with Crippen LogP contribution in [-0.4, -0.2) is 47.7 Å². The number of carbonyl (C=O) groups excluding carboxylic acids is 2. The second kappa shape index (κ2) is 12.7. The molecule has 1 saturated carbocycles. The Morgan fingerprint density at radius 3 is 2.45 bits per heavy atom. The van der Waals surface area contributed by atoms with Gasteiger partial charge in [-0.05, 0) is 75.9 Å². The van der Waals surface area contributed by atoms with Crippen LogP contribution in [0.4, 0.5) is 0 Å². The summed E-state index contributed by atoms with van der Waals surface area (Å²) in [4.78, 5) is 27.1. The highest BCUT2D eigenvalue weighted by atomic mass is 35.5. The van der Waals surface area contributed by atoms with E-state index < -0.39 is 17.0 Å². The van der Waals surface area contributed by atoms with Gasteiger partial charge in [0.25, 0.3) is 5.91 Å². The van der Waals surface area contributed by atoms with Crippen molar-refractivity contribution in [3.63, 3.8) is 0 Å². The third-order valence-corrected chi connectivity index (χ3v) is 8.41. The molecule has 232 valence electrons. The summed E-state index contributed by atoms with van der Waals surface area (Å²) in [5.41, 5.74) is 1.84. The Labute approximate surface area is 270 Å². The SMILES string of the molecule is COCOCC1(c2onc(-c3c(Cl)cc(Cl)cc3Cl)c2C(=O)n2cc(C)c3c(/C=C/C(=O)OC(C)(C)C)cccc32)CCC1. The maximum absolute atomic E-state index is 14.7. The van der Waals surface area contributed by atoms with E-state index in [0.29, 0.717) is 21.9 Å². The molecule has 2 aromatic carbocycles. The molecule has 0 atom stereocenters. The molecule has 2 heterocycles. The number of aromatic nitrogens is 2. The minimum Gasteiger partial charge on any atom is -0.457 e. The van der Waals surface area contributed by atoms with E-state index in [1.807, 2.05) is 45.9 Å². The predicted molar refractivity (Wildman–Crippen MR) is 172 cm³/mol. The zero-order valence-corrected chi connectivity index (χ0v) is 27.4. The molecule has 0 spiro atoms. The van der Waals surface area contributed by atoms with E-state index in [0.717, 1.165) is 35.8 Å². The summed E-state index contributed by atoms with van der Waals surface area (Å²) in [6, 6.07) is 8.65. The van der Waals surface area contributed by atoms with Gasteiger partial charge in [-0.25, -0.2) is 4.79 Å². The number of hydrogen-bond acceptors (Lipinski definition) is 7. The maximum atomic E-state index is 14.7. The molecule has 0 N–H and O–H groups in total. The summed E-state index contributed by atoms with van der Waals surface area (Å²) in [6.45, 7) is 7.72. The molecule has 5 rings (SSSR count). The van der Waals surface area contributed by atoms with Crippen LogP contribution in [0.15, 0.2) is 47.1 Å². The van der Waals surface area contributed by atoms with Crippen molar-refractivity contribution in [2.24, 2.45) is 0 Å². The second-order valence-electron chi connectivity index (χ2n) is 12.0. The largest absolute Gasteiger partial charge is 0.457 e. The summed E-state index contributed by atoms with van der Waals surface area (Å²) in [5, 5.41) is 6.00. The van der Waals surface area contributed by atoms with Crippen molar-refractivity contribution in [3.05, 3.63) is 80.1 Å². The predicted octanol–water partition coefficient (Wildman–Crippen LogP) is 8.65. The average Bonchev–Trinajstić information content (AvgIpc) is 3.49. The summed E-state index contributed by atoms with van der Waals surface area (Å²) < 4.78 is 23.9. The fourth-order valence-corrected chi connectivity index (χ4v) is 6.58. The highest BCUT2D eigenvalue weighted by molar-refractivity contribution is 6.42. The molecule has 0 radical (unpaired) electrons. The first-order valence-corrected chi connectivity index (χ1v) is 15.3. The van der Waals surface area contributed by atoms with Crippen LogP contribution < -0.4 is 0 Å². The molecular weight excluding hydrogens is 627 g/mol. The molecule has 0 bridgehead atoms. The number of fused-ring (bicyclic) bond motifs is 1. The standard InChI is InChI=1S/C33H33Cl3N2O6/c1-19-16-38(24-9-6-8-20(26(19)24)10-11-25(39)43-32(2,3)4)31(40)28-29(27-22(35)14-21(34)15-23(27)36)37-44-30(28)33(12-7-13-33)17-42-18-41-5/h6,8-11,14-16H,7,12-13,17-18H2,1-5H3/b11-10+. The number of rotatable bonds is 9. The van der Waals surface area contributed by atoms with Gasteiger partial charge in [-0.3, -0.25) is 9.36 Å². The number of esters is 1. The third-order valence-electron chi connectivity index (χ3n) is 7.60. The summed E-state index contributed by atoms with van der Waals surface area (Å²) in [5.74, 6) is -0.426. The van der Waals surface area contributed by atoms with E-state index in [-0.39, 0.29) is 40.6 Å². The number of aryl methyl sites for hydroxylation is 1. The van der Waals surface area contributed by atoms with E-state index in [1.54, 1.807) is 36.1 Å². The van der Waals surface area contributed by atoms with Crippen molar-refractivity contribution in [2.75, 3.05) is 20.5 Å². The first-order chi connectivity index (χ1) is 20.8. The van der Waals surface area contributed by atoms with Gasteiger partial charge in [0.2, 0.25) is 0 Å². The molecule has 0 unspecified atom stereocenters. The number of carbonyl (C=O) groups is 2. The summed E-state index contributed by atoms with van der Waals surface area (Å²) in [6.07, 6.45) is 7.25. The van der Waals surface area contributed by atoms with E-state index in [2.05, 4.69) is 5.16 Å². The van der Waals surface area contributed by atoms with Crippen molar-refractivity contribution < 1.29 is 28.3 Å². The number of benzene rings is 2. The van der Waals surface area contributed by atoms with Crippen molar-refractivity contribution in [1.29, 1.82) is 0 Å². The van der Waals surface area contributed by atoms with Gasteiger partial charge >= 0.3 is 5.97 Å². The summed E-state index contributed by atoms with van der Waals surface area (Å²) in [7, 11) is 1.55.